The van der Waals surface area contributed by atoms with E-state index < -0.39 is 0 Å². The fourth-order valence-electron chi connectivity index (χ4n) is 1.44. The maximum Gasteiger partial charge on any atom is 0.120 e. The zero-order chi connectivity index (χ0) is 10.5. The summed E-state index contributed by atoms with van der Waals surface area (Å²) < 4.78 is 2.06. The van der Waals surface area contributed by atoms with Crippen LogP contribution in [0.2, 0.25) is 0 Å². The van der Waals surface area contributed by atoms with Crippen LogP contribution in [0.4, 0.5) is 0 Å². The molecule has 0 spiro atoms. The van der Waals surface area contributed by atoms with Gasteiger partial charge in [-0.3, -0.25) is 0 Å². The Hall–Kier alpha value is -1.62. The van der Waals surface area contributed by atoms with Gasteiger partial charge in [0.25, 0.3) is 0 Å². The minimum absolute atomic E-state index is 0.393. The summed E-state index contributed by atoms with van der Waals surface area (Å²) in [6, 6.07) is 0.393. The number of imidazole rings is 2. The van der Waals surface area contributed by atoms with E-state index in [-0.39, 0.29) is 0 Å². The molecule has 0 saturated carbocycles. The molecular weight excluding hydrogens is 190 g/mol. The smallest absolute Gasteiger partial charge is 0.120 e. The summed E-state index contributed by atoms with van der Waals surface area (Å²) in [5.74, 6) is 0.965. The van der Waals surface area contributed by atoms with Crippen molar-refractivity contribution >= 4 is 0 Å². The van der Waals surface area contributed by atoms with Crippen LogP contribution in [-0.2, 0) is 13.1 Å². The van der Waals surface area contributed by atoms with Crippen molar-refractivity contribution in [2.45, 2.75) is 26.1 Å². The fraction of sp³-hybridized carbons (Fsp3) is 0.400. The SMILES string of the molecule is CC(Cn1ccnc1)NCc1ncc[nH]1. The van der Waals surface area contributed by atoms with E-state index in [1.807, 2.05) is 18.7 Å². The van der Waals surface area contributed by atoms with E-state index >= 15 is 0 Å². The molecule has 2 rings (SSSR count). The molecule has 0 aliphatic heterocycles. The average molecular weight is 205 g/mol. The first-order chi connectivity index (χ1) is 7.34. The molecule has 1 unspecified atom stereocenters. The Balaban J connectivity index is 1.76. The molecule has 0 radical (unpaired) electrons. The number of H-pyrrole nitrogens is 1. The first kappa shape index (κ1) is 9.92. The second-order valence-electron chi connectivity index (χ2n) is 3.58. The number of nitrogens with one attached hydrogen (secondary N) is 2. The summed E-state index contributed by atoms with van der Waals surface area (Å²) in [5.41, 5.74) is 0. The molecule has 2 heterocycles. The minimum atomic E-state index is 0.393. The second kappa shape index (κ2) is 4.75. The molecule has 80 valence electrons. The van der Waals surface area contributed by atoms with Crippen molar-refractivity contribution in [2.75, 3.05) is 0 Å². The van der Waals surface area contributed by atoms with E-state index in [1.165, 1.54) is 0 Å². The van der Waals surface area contributed by atoms with Crippen LogP contribution in [-0.4, -0.2) is 25.6 Å². The van der Waals surface area contributed by atoms with E-state index in [2.05, 4.69) is 31.8 Å². The van der Waals surface area contributed by atoms with Crippen molar-refractivity contribution < 1.29 is 0 Å². The molecule has 0 saturated heterocycles. The van der Waals surface area contributed by atoms with E-state index in [1.54, 1.807) is 12.4 Å². The predicted octanol–water partition coefficient (Wildman–Crippen LogP) is 0.784. The third kappa shape index (κ3) is 2.92. The van der Waals surface area contributed by atoms with E-state index in [0.717, 1.165) is 18.9 Å². The lowest BCUT2D eigenvalue weighted by molar-refractivity contribution is 0.470. The quantitative estimate of drug-likeness (QED) is 0.758. The van der Waals surface area contributed by atoms with Crippen LogP contribution in [0.1, 0.15) is 12.7 Å². The van der Waals surface area contributed by atoms with Gasteiger partial charge in [-0.05, 0) is 6.92 Å². The lowest BCUT2D eigenvalue weighted by Crippen LogP contribution is -2.29. The summed E-state index contributed by atoms with van der Waals surface area (Å²) >= 11 is 0. The van der Waals surface area contributed by atoms with Crippen LogP contribution in [0.5, 0.6) is 0 Å². The average Bonchev–Trinajstić information content (AvgIpc) is 2.86. The van der Waals surface area contributed by atoms with Crippen molar-refractivity contribution in [1.29, 1.82) is 0 Å². The predicted molar refractivity (Wildman–Crippen MR) is 57.1 cm³/mol. The molecule has 0 aromatic carbocycles. The standard InChI is InChI=1S/C10H15N5/c1-9(7-15-5-4-11-8-15)14-6-10-12-2-3-13-10/h2-5,8-9,14H,6-7H2,1H3,(H,12,13). The molecule has 0 aliphatic rings. The number of hydrogen-bond acceptors (Lipinski definition) is 3. The number of rotatable bonds is 5. The normalized spacial score (nSPS) is 12.9. The van der Waals surface area contributed by atoms with Gasteiger partial charge in [-0.1, -0.05) is 0 Å². The number of hydrogen-bond donors (Lipinski definition) is 2. The Morgan fingerprint density at radius 2 is 2.47 bits per heavy atom. The molecule has 2 N–H and O–H groups in total. The van der Waals surface area contributed by atoms with Crippen molar-refractivity contribution in [1.82, 2.24) is 24.8 Å². The van der Waals surface area contributed by atoms with Crippen LogP contribution >= 0.6 is 0 Å². The van der Waals surface area contributed by atoms with Crippen LogP contribution < -0.4 is 5.32 Å². The van der Waals surface area contributed by atoms with E-state index in [0.29, 0.717) is 6.04 Å². The highest BCUT2D eigenvalue weighted by molar-refractivity contribution is 4.86. The summed E-state index contributed by atoms with van der Waals surface area (Å²) in [5, 5.41) is 3.38. The van der Waals surface area contributed by atoms with Crippen LogP contribution in [0.3, 0.4) is 0 Å². The van der Waals surface area contributed by atoms with E-state index in [9.17, 15) is 0 Å². The minimum Gasteiger partial charge on any atom is -0.348 e. The largest absolute Gasteiger partial charge is 0.348 e. The Kier molecular flexibility index (Phi) is 3.14. The highest BCUT2D eigenvalue weighted by Gasteiger charge is 2.02. The Morgan fingerprint density at radius 1 is 1.53 bits per heavy atom. The lowest BCUT2D eigenvalue weighted by Gasteiger charge is -2.13. The molecule has 5 heteroatoms. The molecule has 0 aliphatic carbocycles. The van der Waals surface area contributed by atoms with Gasteiger partial charge in [-0.2, -0.15) is 0 Å². The summed E-state index contributed by atoms with van der Waals surface area (Å²) in [6.07, 6.45) is 9.17. The van der Waals surface area contributed by atoms with Gasteiger partial charge in [0.15, 0.2) is 0 Å². The van der Waals surface area contributed by atoms with Gasteiger partial charge in [0.05, 0.1) is 12.9 Å². The molecule has 2 aromatic heterocycles. The first-order valence-electron chi connectivity index (χ1n) is 5.02. The second-order valence-corrected chi connectivity index (χ2v) is 3.58. The van der Waals surface area contributed by atoms with Crippen LogP contribution in [0, 0.1) is 0 Å². The van der Waals surface area contributed by atoms with Crippen LogP contribution in [0.15, 0.2) is 31.1 Å². The van der Waals surface area contributed by atoms with Gasteiger partial charge in [0.1, 0.15) is 5.82 Å². The number of aromatic nitrogens is 4. The summed E-state index contributed by atoms with van der Waals surface area (Å²) in [7, 11) is 0. The number of aromatic amines is 1. The highest BCUT2D eigenvalue weighted by Crippen LogP contribution is 1.94. The van der Waals surface area contributed by atoms with Gasteiger partial charge in [-0.25, -0.2) is 9.97 Å². The molecule has 0 bridgehead atoms. The third-order valence-electron chi connectivity index (χ3n) is 2.22. The van der Waals surface area contributed by atoms with Gasteiger partial charge in [0.2, 0.25) is 0 Å². The number of nitrogens with zero attached hydrogens (tertiary/aromatic N) is 3. The van der Waals surface area contributed by atoms with E-state index in [4.69, 9.17) is 0 Å². The topological polar surface area (TPSA) is 58.5 Å². The van der Waals surface area contributed by atoms with Gasteiger partial charge >= 0.3 is 0 Å². The van der Waals surface area contributed by atoms with Crippen LogP contribution in [0.25, 0.3) is 0 Å². The zero-order valence-corrected chi connectivity index (χ0v) is 8.72. The first-order valence-corrected chi connectivity index (χ1v) is 5.02. The van der Waals surface area contributed by atoms with Crippen molar-refractivity contribution in [3.8, 4) is 0 Å². The summed E-state index contributed by atoms with van der Waals surface area (Å²) in [4.78, 5) is 11.2. The van der Waals surface area contributed by atoms with Gasteiger partial charge in [-0.15, -0.1) is 0 Å². The Morgan fingerprint density at radius 3 is 3.13 bits per heavy atom. The maximum atomic E-state index is 4.15. The Labute approximate surface area is 88.6 Å². The maximum absolute atomic E-state index is 4.15. The van der Waals surface area contributed by atoms with Crippen molar-refractivity contribution in [3.05, 3.63) is 36.9 Å². The van der Waals surface area contributed by atoms with Gasteiger partial charge < -0.3 is 14.9 Å². The molecular formula is C10H15N5. The third-order valence-corrected chi connectivity index (χ3v) is 2.22. The Bertz CT molecular complexity index is 364. The van der Waals surface area contributed by atoms with Crippen molar-refractivity contribution in [2.24, 2.45) is 0 Å². The molecule has 0 fully saturated rings. The van der Waals surface area contributed by atoms with Crippen molar-refractivity contribution in [3.63, 3.8) is 0 Å². The molecule has 2 aromatic rings. The lowest BCUT2D eigenvalue weighted by atomic mass is 10.3. The fourth-order valence-corrected chi connectivity index (χ4v) is 1.44. The highest BCUT2D eigenvalue weighted by atomic mass is 15.1. The molecule has 1 atom stereocenters. The zero-order valence-electron chi connectivity index (χ0n) is 8.72. The molecule has 15 heavy (non-hydrogen) atoms. The molecule has 0 amide bonds. The summed E-state index contributed by atoms with van der Waals surface area (Å²) in [6.45, 7) is 3.83. The van der Waals surface area contributed by atoms with Gasteiger partial charge in [0, 0.05) is 37.4 Å². The monoisotopic (exact) mass is 205 g/mol. The molecule has 5 nitrogen and oxygen atoms in total.